The van der Waals surface area contributed by atoms with E-state index in [9.17, 15) is 10.5 Å². The van der Waals surface area contributed by atoms with Crippen molar-refractivity contribution >= 4 is 5.84 Å². The van der Waals surface area contributed by atoms with E-state index in [4.69, 9.17) is 19.9 Å². The molecule has 5 atom stereocenters. The van der Waals surface area contributed by atoms with Crippen molar-refractivity contribution in [3.63, 3.8) is 0 Å². The fourth-order valence-corrected chi connectivity index (χ4v) is 4.86. The van der Waals surface area contributed by atoms with E-state index < -0.39 is 22.2 Å². The molecule has 3 aliphatic rings. The Morgan fingerprint density at radius 1 is 1.28 bits per heavy atom. The van der Waals surface area contributed by atoms with Crippen molar-refractivity contribution in [2.75, 3.05) is 13.7 Å². The molecule has 1 aromatic carbocycles. The highest BCUT2D eigenvalue weighted by molar-refractivity contribution is 5.97. The van der Waals surface area contributed by atoms with Crippen LogP contribution in [-0.4, -0.2) is 31.6 Å². The fraction of sp³-hybridized carbons (Fsp3) is 0.500. The van der Waals surface area contributed by atoms with E-state index in [-0.39, 0.29) is 11.9 Å². The summed E-state index contributed by atoms with van der Waals surface area (Å²) < 4.78 is 17.1. The van der Waals surface area contributed by atoms with Gasteiger partial charge in [-0.1, -0.05) is 19.1 Å². The van der Waals surface area contributed by atoms with Crippen LogP contribution in [0, 0.1) is 33.5 Å². The van der Waals surface area contributed by atoms with E-state index in [1.54, 1.807) is 19.2 Å². The molecule has 0 bridgehead atoms. The van der Waals surface area contributed by atoms with Gasteiger partial charge in [0, 0.05) is 0 Å². The van der Waals surface area contributed by atoms with Gasteiger partial charge in [0.25, 0.3) is 5.84 Å². The zero-order valence-electron chi connectivity index (χ0n) is 14.3. The maximum Gasteiger partial charge on any atom is 0.344 e. The molecule has 4 rings (SSSR count). The van der Waals surface area contributed by atoms with Gasteiger partial charge in [0.05, 0.1) is 37.4 Å². The summed E-state index contributed by atoms with van der Waals surface area (Å²) >= 11 is 0. The monoisotopic (exact) mass is 339 g/mol. The number of hydrogen-bond donors (Lipinski definition) is 2. The molecule has 25 heavy (non-hydrogen) atoms. The van der Waals surface area contributed by atoms with Crippen LogP contribution in [0.2, 0.25) is 0 Å². The average Bonchev–Trinajstić information content (AvgIpc) is 2.80. The molecule has 0 aromatic heterocycles. The number of nitrogens with two attached hydrogens (primary N) is 1. The molecule has 1 saturated heterocycles. The highest BCUT2D eigenvalue weighted by Crippen LogP contribution is 2.82. The van der Waals surface area contributed by atoms with E-state index in [0.29, 0.717) is 12.4 Å². The van der Waals surface area contributed by atoms with Gasteiger partial charge in [0.15, 0.2) is 10.8 Å². The minimum Gasteiger partial charge on any atom is -0.497 e. The Labute approximate surface area is 145 Å². The van der Waals surface area contributed by atoms with Gasteiger partial charge in [0.2, 0.25) is 0 Å². The number of hydrogen-bond acceptors (Lipinski definition) is 6. The lowest BCUT2D eigenvalue weighted by atomic mass is 9.84. The summed E-state index contributed by atoms with van der Waals surface area (Å²) in [6.07, 6.45) is -0.208. The number of ether oxygens (including phenoxy) is 3. The van der Waals surface area contributed by atoms with Gasteiger partial charge in [-0.2, -0.15) is 10.5 Å². The first-order valence-corrected chi connectivity index (χ1v) is 8.09. The molecule has 7 nitrogen and oxygen atoms in total. The second-order valence-corrected chi connectivity index (χ2v) is 6.97. The lowest BCUT2D eigenvalue weighted by Gasteiger charge is -2.27. The van der Waals surface area contributed by atoms with Crippen molar-refractivity contribution < 1.29 is 19.2 Å². The first kappa shape index (κ1) is 15.9. The summed E-state index contributed by atoms with van der Waals surface area (Å²) in [4.78, 5) is 2.97. The fourth-order valence-electron chi connectivity index (χ4n) is 4.86. The lowest BCUT2D eigenvalue weighted by molar-refractivity contribution is -0.679. The second-order valence-electron chi connectivity index (χ2n) is 6.97. The zero-order chi connectivity index (χ0) is 18.1. The standard InChI is InChI=1S/C18H18N4O3/c1-11-8-24-18(25-11)17(10-20)15(2,16(17,9-19)14(21)22-18)12-4-6-13(23-3)7-5-12/h4-7,11H,8H2,1-3H3,(H2,21,22)/p+1/t11-,15+,16+,17-,18-/m1/s1. The predicted molar refractivity (Wildman–Crippen MR) is 85.8 cm³/mol. The molecule has 0 unspecified atom stereocenters. The van der Waals surface area contributed by atoms with Crippen LogP contribution in [0.25, 0.3) is 0 Å². The number of nitrogens with zero attached hydrogens (tertiary/aromatic N) is 2. The average molecular weight is 339 g/mol. The number of benzene rings is 1. The van der Waals surface area contributed by atoms with Crippen molar-refractivity contribution in [3.05, 3.63) is 29.8 Å². The Morgan fingerprint density at radius 3 is 2.44 bits per heavy atom. The molecule has 1 aromatic rings. The van der Waals surface area contributed by atoms with Crippen LogP contribution in [0.15, 0.2) is 24.3 Å². The Balaban J connectivity index is 1.94. The number of methoxy groups -OCH3 is 1. The van der Waals surface area contributed by atoms with Crippen LogP contribution in [0.3, 0.4) is 0 Å². The van der Waals surface area contributed by atoms with Crippen LogP contribution >= 0.6 is 0 Å². The molecule has 3 N–H and O–H groups in total. The predicted octanol–water partition coefficient (Wildman–Crippen LogP) is -0.473. The van der Waals surface area contributed by atoms with Crippen LogP contribution in [0.4, 0.5) is 0 Å². The van der Waals surface area contributed by atoms with Gasteiger partial charge >= 0.3 is 5.91 Å². The number of rotatable bonds is 2. The molecular weight excluding hydrogens is 320 g/mol. The van der Waals surface area contributed by atoms with E-state index in [2.05, 4.69) is 17.1 Å². The molecule has 2 aliphatic heterocycles. The van der Waals surface area contributed by atoms with Gasteiger partial charge in [-0.05, 0) is 24.6 Å². The summed E-state index contributed by atoms with van der Waals surface area (Å²) in [6, 6.07) is 12.0. The Kier molecular flexibility index (Phi) is 2.87. The molecule has 1 saturated carbocycles. The van der Waals surface area contributed by atoms with Gasteiger partial charge in [-0.25, -0.2) is 4.99 Å². The summed E-state index contributed by atoms with van der Waals surface area (Å²) in [5.74, 6) is -0.513. The summed E-state index contributed by atoms with van der Waals surface area (Å²) in [5.41, 5.74) is 3.65. The molecular formula is C18H19N4O3+. The molecule has 2 heterocycles. The van der Waals surface area contributed by atoms with Gasteiger partial charge < -0.3 is 14.2 Å². The van der Waals surface area contributed by atoms with Gasteiger partial charge in [-0.3, -0.25) is 5.73 Å². The third kappa shape index (κ3) is 1.34. The number of fused-ring (bicyclic) bond motifs is 2. The van der Waals surface area contributed by atoms with Crippen molar-refractivity contribution in [2.24, 2.45) is 16.6 Å². The van der Waals surface area contributed by atoms with E-state index in [1.807, 2.05) is 26.0 Å². The normalized spacial score (nSPS) is 43.9. The molecule has 128 valence electrons. The van der Waals surface area contributed by atoms with E-state index >= 15 is 0 Å². The second kappa shape index (κ2) is 4.51. The van der Waals surface area contributed by atoms with E-state index in [0.717, 1.165) is 5.56 Å². The zero-order valence-corrected chi connectivity index (χ0v) is 14.3. The van der Waals surface area contributed by atoms with Crippen molar-refractivity contribution in [3.8, 4) is 17.9 Å². The minimum atomic E-state index is -1.42. The van der Waals surface area contributed by atoms with Crippen LogP contribution in [-0.2, 0) is 14.9 Å². The molecule has 2 fully saturated rings. The molecule has 0 radical (unpaired) electrons. The minimum absolute atomic E-state index is 0.208. The Bertz CT molecular complexity index is 870. The highest BCUT2D eigenvalue weighted by Gasteiger charge is 3.03. The quantitative estimate of drug-likeness (QED) is 0.752. The summed E-state index contributed by atoms with van der Waals surface area (Å²) in [7, 11) is 1.59. The van der Waals surface area contributed by atoms with Crippen LogP contribution < -0.4 is 15.5 Å². The summed E-state index contributed by atoms with van der Waals surface area (Å²) in [6.45, 7) is 4.05. The van der Waals surface area contributed by atoms with E-state index in [1.165, 1.54) is 0 Å². The maximum atomic E-state index is 10.2. The van der Waals surface area contributed by atoms with Crippen molar-refractivity contribution in [1.29, 1.82) is 10.5 Å². The number of amidine groups is 1. The third-order valence-corrected chi connectivity index (χ3v) is 6.09. The van der Waals surface area contributed by atoms with Crippen LogP contribution in [0.1, 0.15) is 19.4 Å². The number of nitriles is 2. The van der Waals surface area contributed by atoms with Gasteiger partial charge in [0.1, 0.15) is 5.75 Å². The molecule has 0 amide bonds. The maximum absolute atomic E-state index is 10.2. The smallest absolute Gasteiger partial charge is 0.344 e. The first-order chi connectivity index (χ1) is 11.9. The number of nitrogens with one attached hydrogen (secondary N) is 1. The Morgan fingerprint density at radius 2 is 1.96 bits per heavy atom. The molecule has 7 heteroatoms. The van der Waals surface area contributed by atoms with Crippen molar-refractivity contribution in [1.82, 2.24) is 0 Å². The largest absolute Gasteiger partial charge is 0.497 e. The SMILES string of the molecule is COc1ccc([C@@]2(C)[C@]3(C#N)C(N)=[NH+][C@@]4(OC[C@@H](C)O4)[C@@]32C#N)cc1. The third-order valence-electron chi connectivity index (χ3n) is 6.09. The van der Waals surface area contributed by atoms with Crippen molar-refractivity contribution in [2.45, 2.75) is 31.3 Å². The Hall–Kier alpha value is -2.61. The highest BCUT2D eigenvalue weighted by atomic mass is 16.8. The topological polar surface area (TPSA) is 115 Å². The first-order valence-electron chi connectivity index (χ1n) is 8.09. The molecule has 1 spiro atoms. The lowest BCUT2D eigenvalue weighted by Crippen LogP contribution is -2.90. The van der Waals surface area contributed by atoms with Gasteiger partial charge in [-0.15, -0.1) is 0 Å². The summed E-state index contributed by atoms with van der Waals surface area (Å²) in [5, 5.41) is 20.3. The molecule has 1 aliphatic carbocycles. The van der Waals surface area contributed by atoms with Crippen LogP contribution in [0.5, 0.6) is 5.75 Å².